The molecule has 2 amide bonds. The average molecular weight is 577 g/mol. The molecule has 2 saturated heterocycles. The second kappa shape index (κ2) is 11.4. The number of hydrogen-bond acceptors (Lipinski definition) is 6. The number of carboxylic acid groups (broad SMARTS) is 1. The molecule has 4 unspecified atom stereocenters. The number of rotatable bonds is 9. The monoisotopic (exact) mass is 576 g/mol. The number of ether oxygens (including phenoxy) is 2. The molecule has 2 aliphatic heterocycles. The van der Waals surface area contributed by atoms with Gasteiger partial charge in [0.05, 0.1) is 24.6 Å². The van der Waals surface area contributed by atoms with Crippen LogP contribution in [0.1, 0.15) is 35.2 Å². The molecule has 0 radical (unpaired) electrons. The first-order chi connectivity index (χ1) is 20.9. The molecule has 2 aliphatic rings. The lowest BCUT2D eigenvalue weighted by atomic mass is 9.75. The second-order valence-corrected chi connectivity index (χ2v) is 10.8. The number of anilines is 1. The van der Waals surface area contributed by atoms with E-state index in [1.54, 1.807) is 60.7 Å². The molecule has 218 valence electrons. The van der Waals surface area contributed by atoms with E-state index >= 15 is 0 Å². The zero-order valence-electron chi connectivity index (χ0n) is 23.9. The summed E-state index contributed by atoms with van der Waals surface area (Å²) in [7, 11) is 1.52. The Hall–Kier alpha value is -4.95. The van der Waals surface area contributed by atoms with Crippen LogP contribution in [0.5, 0.6) is 11.5 Å². The summed E-state index contributed by atoms with van der Waals surface area (Å²) in [6.07, 6.45) is 0.803. The van der Waals surface area contributed by atoms with Crippen LogP contribution in [0.15, 0.2) is 103 Å². The SMILES string of the molecule is CCc1ccc(N2C(=O)C3C(c4cccc(OC)c4OCc4ccccc4)NC(C(=O)O)(c4ccccc4)C3C2=O)cc1. The number of carbonyl (C=O) groups excluding carboxylic acids is 2. The lowest BCUT2D eigenvalue weighted by Gasteiger charge is -2.32. The van der Waals surface area contributed by atoms with E-state index in [2.05, 4.69) is 5.32 Å². The largest absolute Gasteiger partial charge is 0.493 e. The minimum absolute atomic E-state index is 0.223. The van der Waals surface area contributed by atoms with Crippen molar-refractivity contribution < 1.29 is 29.0 Å². The van der Waals surface area contributed by atoms with Crippen LogP contribution in [-0.2, 0) is 33.0 Å². The molecular weight excluding hydrogens is 544 g/mol. The number of amides is 2. The van der Waals surface area contributed by atoms with Gasteiger partial charge in [-0.15, -0.1) is 0 Å². The molecule has 0 aromatic heterocycles. The molecule has 0 aliphatic carbocycles. The summed E-state index contributed by atoms with van der Waals surface area (Å²) >= 11 is 0. The molecule has 4 aromatic rings. The number of benzene rings is 4. The maximum Gasteiger partial charge on any atom is 0.329 e. The molecular formula is C35H32N2O6. The van der Waals surface area contributed by atoms with Crippen molar-refractivity contribution in [2.75, 3.05) is 12.0 Å². The minimum Gasteiger partial charge on any atom is -0.493 e. The van der Waals surface area contributed by atoms with Gasteiger partial charge < -0.3 is 14.6 Å². The van der Waals surface area contributed by atoms with Gasteiger partial charge in [0, 0.05) is 11.6 Å². The summed E-state index contributed by atoms with van der Waals surface area (Å²) in [6, 6.07) is 29.9. The Kier molecular flexibility index (Phi) is 7.46. The minimum atomic E-state index is -1.87. The normalized spacial score (nSPS) is 22.8. The molecule has 43 heavy (non-hydrogen) atoms. The standard InChI is InChI=1S/C35H32N2O6/c1-3-22-17-19-25(20-18-22)37-32(38)28-29(33(37)39)35(34(40)41,24-13-8-5-9-14-24)36-30(28)26-15-10-16-27(42-2)31(26)43-21-23-11-6-4-7-12-23/h4-20,28-30,36H,3,21H2,1-2H3,(H,40,41). The quantitative estimate of drug-likeness (QED) is 0.262. The number of aliphatic carboxylic acids is 1. The van der Waals surface area contributed by atoms with Crippen molar-refractivity contribution in [2.24, 2.45) is 11.8 Å². The predicted molar refractivity (Wildman–Crippen MR) is 161 cm³/mol. The maximum atomic E-state index is 14.3. The highest BCUT2D eigenvalue weighted by molar-refractivity contribution is 6.24. The summed E-state index contributed by atoms with van der Waals surface area (Å²) in [6.45, 7) is 2.25. The molecule has 6 rings (SSSR count). The number of methoxy groups -OCH3 is 1. The van der Waals surface area contributed by atoms with Gasteiger partial charge in [0.25, 0.3) is 0 Å². The second-order valence-electron chi connectivity index (χ2n) is 10.8. The van der Waals surface area contributed by atoms with Crippen LogP contribution >= 0.6 is 0 Å². The van der Waals surface area contributed by atoms with Gasteiger partial charge in [-0.2, -0.15) is 0 Å². The number of carbonyl (C=O) groups is 3. The van der Waals surface area contributed by atoms with Crippen molar-refractivity contribution in [3.8, 4) is 11.5 Å². The van der Waals surface area contributed by atoms with Gasteiger partial charge in [0.2, 0.25) is 11.8 Å². The van der Waals surface area contributed by atoms with Gasteiger partial charge in [0.1, 0.15) is 6.61 Å². The van der Waals surface area contributed by atoms with Crippen molar-refractivity contribution in [1.29, 1.82) is 0 Å². The van der Waals surface area contributed by atoms with Crippen molar-refractivity contribution in [3.05, 3.63) is 125 Å². The van der Waals surface area contributed by atoms with Crippen molar-refractivity contribution in [2.45, 2.75) is 31.5 Å². The van der Waals surface area contributed by atoms with E-state index in [4.69, 9.17) is 9.47 Å². The number of fused-ring (bicyclic) bond motifs is 1. The fourth-order valence-electron chi connectivity index (χ4n) is 6.42. The van der Waals surface area contributed by atoms with Crippen LogP contribution in [0.2, 0.25) is 0 Å². The van der Waals surface area contributed by atoms with Gasteiger partial charge in [0.15, 0.2) is 17.0 Å². The third-order valence-electron chi connectivity index (χ3n) is 8.52. The molecule has 0 spiro atoms. The highest BCUT2D eigenvalue weighted by atomic mass is 16.5. The zero-order valence-corrected chi connectivity index (χ0v) is 23.9. The Bertz CT molecular complexity index is 1660. The van der Waals surface area contributed by atoms with Crippen LogP contribution in [0.3, 0.4) is 0 Å². The first kappa shape index (κ1) is 28.2. The van der Waals surface area contributed by atoms with Crippen molar-refractivity contribution in [3.63, 3.8) is 0 Å². The van der Waals surface area contributed by atoms with Crippen LogP contribution in [0.4, 0.5) is 5.69 Å². The lowest BCUT2D eigenvalue weighted by Crippen LogP contribution is -2.53. The Labute approximate surface area is 249 Å². The topological polar surface area (TPSA) is 105 Å². The van der Waals surface area contributed by atoms with Crippen LogP contribution in [0, 0.1) is 11.8 Å². The third kappa shape index (κ3) is 4.64. The molecule has 8 heteroatoms. The zero-order chi connectivity index (χ0) is 30.1. The van der Waals surface area contributed by atoms with Crippen LogP contribution in [0.25, 0.3) is 0 Å². The Morgan fingerprint density at radius 1 is 0.860 bits per heavy atom. The summed E-state index contributed by atoms with van der Waals surface area (Å²) in [5, 5.41) is 14.2. The van der Waals surface area contributed by atoms with E-state index in [0.29, 0.717) is 28.3 Å². The Balaban J connectivity index is 1.51. The summed E-state index contributed by atoms with van der Waals surface area (Å²) in [4.78, 5) is 43.1. The first-order valence-corrected chi connectivity index (χ1v) is 14.3. The van der Waals surface area contributed by atoms with E-state index in [1.165, 1.54) is 7.11 Å². The van der Waals surface area contributed by atoms with E-state index < -0.39 is 41.2 Å². The van der Waals surface area contributed by atoms with Gasteiger partial charge in [-0.25, -0.2) is 9.69 Å². The number of nitrogens with zero attached hydrogens (tertiary/aromatic N) is 1. The van der Waals surface area contributed by atoms with Gasteiger partial charge in [-0.05, 0) is 41.3 Å². The number of para-hydroxylation sites is 1. The third-order valence-corrected chi connectivity index (χ3v) is 8.52. The number of hydrogen-bond donors (Lipinski definition) is 2. The average Bonchev–Trinajstić information content (AvgIpc) is 3.54. The summed E-state index contributed by atoms with van der Waals surface area (Å²) in [5.74, 6) is -3.70. The molecule has 0 saturated carbocycles. The molecule has 4 aromatic carbocycles. The number of imide groups is 1. The number of carboxylic acids is 1. The molecule has 0 bridgehead atoms. The van der Waals surface area contributed by atoms with E-state index in [1.807, 2.05) is 49.4 Å². The number of nitrogens with one attached hydrogen (secondary N) is 1. The smallest absolute Gasteiger partial charge is 0.329 e. The highest BCUT2D eigenvalue weighted by Gasteiger charge is 2.69. The van der Waals surface area contributed by atoms with E-state index in [9.17, 15) is 19.5 Å². The van der Waals surface area contributed by atoms with Crippen LogP contribution in [-0.4, -0.2) is 30.0 Å². The molecule has 2 heterocycles. The van der Waals surface area contributed by atoms with Gasteiger partial charge in [-0.3, -0.25) is 14.9 Å². The first-order valence-electron chi connectivity index (χ1n) is 14.3. The highest BCUT2D eigenvalue weighted by Crippen LogP contribution is 2.55. The molecule has 8 nitrogen and oxygen atoms in total. The van der Waals surface area contributed by atoms with Gasteiger partial charge >= 0.3 is 5.97 Å². The molecule has 4 atom stereocenters. The maximum absolute atomic E-state index is 14.3. The molecule has 2 N–H and O–H groups in total. The fraction of sp³-hybridized carbons (Fsp3) is 0.229. The summed E-state index contributed by atoms with van der Waals surface area (Å²) < 4.78 is 12.0. The summed E-state index contributed by atoms with van der Waals surface area (Å²) in [5.41, 5.74) is 1.45. The lowest BCUT2D eigenvalue weighted by molar-refractivity contribution is -0.149. The van der Waals surface area contributed by atoms with Crippen LogP contribution < -0.4 is 19.7 Å². The number of aryl methyl sites for hydroxylation is 1. The molecule has 2 fully saturated rings. The Morgan fingerprint density at radius 3 is 2.16 bits per heavy atom. The van der Waals surface area contributed by atoms with Crippen molar-refractivity contribution >= 4 is 23.5 Å². The fourth-order valence-corrected chi connectivity index (χ4v) is 6.42. The van der Waals surface area contributed by atoms with Crippen molar-refractivity contribution in [1.82, 2.24) is 5.32 Å². The van der Waals surface area contributed by atoms with Gasteiger partial charge in [-0.1, -0.05) is 91.9 Å². The van der Waals surface area contributed by atoms with E-state index in [0.717, 1.165) is 22.4 Å². The Morgan fingerprint density at radius 2 is 1.53 bits per heavy atom. The predicted octanol–water partition coefficient (Wildman–Crippen LogP) is 5.27. The van der Waals surface area contributed by atoms with E-state index in [-0.39, 0.29) is 6.61 Å².